The van der Waals surface area contributed by atoms with Crippen LogP contribution < -0.4 is 5.73 Å². The van der Waals surface area contributed by atoms with E-state index in [1.807, 2.05) is 12.1 Å². The summed E-state index contributed by atoms with van der Waals surface area (Å²) in [5, 5.41) is 0. The number of hydrogen-bond donors (Lipinski definition) is 1. The van der Waals surface area contributed by atoms with Crippen molar-refractivity contribution in [2.45, 2.75) is 50.9 Å². The van der Waals surface area contributed by atoms with E-state index in [1.54, 1.807) is 0 Å². The fourth-order valence-electron chi connectivity index (χ4n) is 3.37. The number of nitrogens with two attached hydrogens (primary N) is 1. The molecular weight excluding hydrogens is 276 g/mol. The number of likely N-dealkylation sites (tertiary alicyclic amines) is 1. The normalized spacial score (nSPS) is 24.5. The van der Waals surface area contributed by atoms with E-state index in [2.05, 4.69) is 17.0 Å². The number of hydrogen-bond acceptors (Lipinski definition) is 4. The lowest BCUT2D eigenvalue weighted by atomic mass is 10.1. The number of piperidine rings is 1. The largest absolute Gasteiger partial charge is 0.399 e. The summed E-state index contributed by atoms with van der Waals surface area (Å²) < 4.78 is 11.8. The van der Waals surface area contributed by atoms with Crippen LogP contribution >= 0.6 is 0 Å². The number of benzene rings is 1. The first-order valence-corrected chi connectivity index (χ1v) is 8.59. The zero-order valence-electron chi connectivity index (χ0n) is 13.4. The Bertz CT molecular complexity index is 452. The van der Waals surface area contributed by atoms with Crippen LogP contribution in [0.5, 0.6) is 0 Å². The van der Waals surface area contributed by atoms with E-state index in [9.17, 15) is 0 Å². The minimum atomic E-state index is 0.332. The molecule has 1 aromatic carbocycles. The van der Waals surface area contributed by atoms with Crippen molar-refractivity contribution in [3.05, 3.63) is 29.8 Å². The highest BCUT2D eigenvalue weighted by molar-refractivity contribution is 5.40. The van der Waals surface area contributed by atoms with Gasteiger partial charge in [-0.3, -0.25) is 4.90 Å². The number of anilines is 1. The van der Waals surface area contributed by atoms with Crippen molar-refractivity contribution in [2.24, 2.45) is 0 Å². The zero-order valence-corrected chi connectivity index (χ0v) is 13.4. The second-order valence-electron chi connectivity index (χ2n) is 6.54. The quantitative estimate of drug-likeness (QED) is 0.850. The van der Waals surface area contributed by atoms with Crippen molar-refractivity contribution >= 4 is 5.69 Å². The molecule has 0 spiro atoms. The van der Waals surface area contributed by atoms with E-state index >= 15 is 0 Å². The molecule has 0 amide bonds. The first kappa shape index (κ1) is 15.8. The molecule has 122 valence electrons. The van der Waals surface area contributed by atoms with Gasteiger partial charge in [-0.1, -0.05) is 12.1 Å². The molecule has 0 aliphatic carbocycles. The third-order valence-corrected chi connectivity index (χ3v) is 4.68. The van der Waals surface area contributed by atoms with Crippen LogP contribution in [-0.2, 0) is 16.0 Å². The first-order valence-electron chi connectivity index (χ1n) is 8.59. The van der Waals surface area contributed by atoms with Crippen LogP contribution in [0.25, 0.3) is 0 Å². The van der Waals surface area contributed by atoms with Gasteiger partial charge >= 0.3 is 0 Å². The molecule has 1 atom stereocenters. The predicted octanol–water partition coefficient (Wildman–Crippen LogP) is 2.82. The lowest BCUT2D eigenvalue weighted by Crippen LogP contribution is -2.38. The van der Waals surface area contributed by atoms with Crippen molar-refractivity contribution < 1.29 is 9.47 Å². The molecule has 4 nitrogen and oxygen atoms in total. The van der Waals surface area contributed by atoms with Crippen molar-refractivity contribution in [1.82, 2.24) is 4.90 Å². The Hall–Kier alpha value is -1.10. The predicted molar refractivity (Wildman–Crippen MR) is 88.7 cm³/mol. The average molecular weight is 304 g/mol. The monoisotopic (exact) mass is 304 g/mol. The molecule has 1 aromatic rings. The maximum Gasteiger partial charge on any atom is 0.0808 e. The molecule has 4 heteroatoms. The Kier molecular flexibility index (Phi) is 5.70. The fourth-order valence-corrected chi connectivity index (χ4v) is 3.37. The highest BCUT2D eigenvalue weighted by atomic mass is 16.5. The van der Waals surface area contributed by atoms with Gasteiger partial charge in [0.2, 0.25) is 0 Å². The highest BCUT2D eigenvalue weighted by Crippen LogP contribution is 2.19. The minimum absolute atomic E-state index is 0.332. The summed E-state index contributed by atoms with van der Waals surface area (Å²) in [4.78, 5) is 2.49. The Labute approximate surface area is 133 Å². The van der Waals surface area contributed by atoms with Gasteiger partial charge in [-0.25, -0.2) is 0 Å². The molecular formula is C18H28N2O2. The van der Waals surface area contributed by atoms with Crippen LogP contribution in [0.2, 0.25) is 0 Å². The molecule has 2 aliphatic heterocycles. The van der Waals surface area contributed by atoms with E-state index in [4.69, 9.17) is 15.2 Å². The van der Waals surface area contributed by atoms with Gasteiger partial charge in [-0.05, 0) is 49.8 Å². The van der Waals surface area contributed by atoms with Gasteiger partial charge in [-0.2, -0.15) is 0 Å². The van der Waals surface area contributed by atoms with Crippen LogP contribution in [-0.4, -0.2) is 43.4 Å². The summed E-state index contributed by atoms with van der Waals surface area (Å²) in [5.74, 6) is 0. The van der Waals surface area contributed by atoms with E-state index in [0.29, 0.717) is 12.2 Å². The van der Waals surface area contributed by atoms with Crippen molar-refractivity contribution in [3.8, 4) is 0 Å². The Morgan fingerprint density at radius 1 is 1.18 bits per heavy atom. The second kappa shape index (κ2) is 7.95. The number of nitrogen functional groups attached to an aromatic ring is 1. The number of ether oxygens (including phenoxy) is 2. The summed E-state index contributed by atoms with van der Waals surface area (Å²) in [6, 6.07) is 8.20. The maximum absolute atomic E-state index is 6.07. The smallest absolute Gasteiger partial charge is 0.0808 e. The van der Waals surface area contributed by atoms with Crippen molar-refractivity contribution in [3.63, 3.8) is 0 Å². The zero-order chi connectivity index (χ0) is 15.2. The van der Waals surface area contributed by atoms with Crippen LogP contribution in [0.15, 0.2) is 24.3 Å². The molecule has 0 saturated carbocycles. The topological polar surface area (TPSA) is 47.7 Å². The molecule has 1 unspecified atom stereocenters. The summed E-state index contributed by atoms with van der Waals surface area (Å²) in [5.41, 5.74) is 8.00. The van der Waals surface area contributed by atoms with Gasteiger partial charge in [-0.15, -0.1) is 0 Å². The van der Waals surface area contributed by atoms with E-state index < -0.39 is 0 Å². The summed E-state index contributed by atoms with van der Waals surface area (Å²) in [6.07, 6.45) is 6.63. The first-order chi connectivity index (χ1) is 10.8. The molecule has 2 heterocycles. The highest BCUT2D eigenvalue weighted by Gasteiger charge is 2.22. The van der Waals surface area contributed by atoms with Crippen LogP contribution in [0.4, 0.5) is 5.69 Å². The fraction of sp³-hybridized carbons (Fsp3) is 0.667. The van der Waals surface area contributed by atoms with Crippen LogP contribution in [0.3, 0.4) is 0 Å². The molecule has 0 bridgehead atoms. The van der Waals surface area contributed by atoms with Gasteiger partial charge in [0.05, 0.1) is 18.8 Å². The minimum Gasteiger partial charge on any atom is -0.399 e. The van der Waals surface area contributed by atoms with E-state index in [1.165, 1.54) is 18.4 Å². The van der Waals surface area contributed by atoms with Gasteiger partial charge in [0.15, 0.2) is 0 Å². The van der Waals surface area contributed by atoms with Crippen molar-refractivity contribution in [2.75, 3.05) is 32.0 Å². The Morgan fingerprint density at radius 3 is 2.77 bits per heavy atom. The van der Waals surface area contributed by atoms with Gasteiger partial charge in [0.25, 0.3) is 0 Å². The molecule has 22 heavy (non-hydrogen) atoms. The Morgan fingerprint density at radius 2 is 2.05 bits per heavy atom. The summed E-state index contributed by atoms with van der Waals surface area (Å²) in [6.45, 7) is 4.88. The van der Waals surface area contributed by atoms with Crippen molar-refractivity contribution in [1.29, 1.82) is 0 Å². The summed E-state index contributed by atoms with van der Waals surface area (Å²) >= 11 is 0. The number of nitrogens with zero attached hydrogens (tertiary/aromatic N) is 1. The molecule has 0 aromatic heterocycles. The third-order valence-electron chi connectivity index (χ3n) is 4.68. The number of rotatable bonds is 5. The maximum atomic E-state index is 6.07. The van der Waals surface area contributed by atoms with Gasteiger partial charge in [0.1, 0.15) is 0 Å². The lowest BCUT2D eigenvalue weighted by molar-refractivity contribution is -0.0753. The second-order valence-corrected chi connectivity index (χ2v) is 6.54. The van der Waals surface area contributed by atoms with Crippen LogP contribution in [0.1, 0.15) is 37.7 Å². The Balaban J connectivity index is 1.37. The molecule has 2 saturated heterocycles. The third kappa shape index (κ3) is 4.70. The summed E-state index contributed by atoms with van der Waals surface area (Å²) in [7, 11) is 0. The molecule has 0 radical (unpaired) electrons. The van der Waals surface area contributed by atoms with E-state index in [-0.39, 0.29) is 0 Å². The molecule has 2 N–H and O–H groups in total. The van der Waals surface area contributed by atoms with Gasteiger partial charge < -0.3 is 15.2 Å². The van der Waals surface area contributed by atoms with E-state index in [0.717, 1.165) is 57.8 Å². The molecule has 3 rings (SSSR count). The molecule has 2 aliphatic rings. The average Bonchev–Trinajstić information content (AvgIpc) is 2.55. The standard InChI is InChI=1S/C18H28N2O2/c19-16-5-3-4-15(12-16)13-20-9-7-17(8-10-20)22-14-18-6-1-2-11-21-18/h3-5,12,17-18H,1-2,6-11,13-14,19H2. The van der Waals surface area contributed by atoms with Crippen LogP contribution in [0, 0.1) is 0 Å². The SMILES string of the molecule is Nc1cccc(CN2CCC(OCC3CCCCO3)CC2)c1. The molecule has 2 fully saturated rings. The lowest BCUT2D eigenvalue weighted by Gasteiger charge is -2.33. The van der Waals surface area contributed by atoms with Gasteiger partial charge in [0, 0.05) is 31.9 Å².